The van der Waals surface area contributed by atoms with Crippen molar-refractivity contribution in [1.82, 2.24) is 0 Å². The van der Waals surface area contributed by atoms with Crippen LogP contribution in [0.1, 0.15) is 30.4 Å². The molecule has 72 valence electrons. The molecule has 1 aromatic rings. The van der Waals surface area contributed by atoms with Gasteiger partial charge >= 0.3 is 0 Å². The number of hydrogen-bond donors (Lipinski definition) is 0. The molecular formula is C12H12O2. The maximum atomic E-state index is 11.6. The van der Waals surface area contributed by atoms with Crippen LogP contribution in [0.25, 0.3) is 0 Å². The fourth-order valence-corrected chi connectivity index (χ4v) is 2.06. The lowest BCUT2D eigenvalue weighted by Gasteiger charge is -2.21. The largest absolute Gasteiger partial charge is 0.299 e. The van der Waals surface area contributed by atoms with Crippen molar-refractivity contribution in [3.8, 4) is 0 Å². The molecule has 0 aromatic heterocycles. The first kappa shape index (κ1) is 9.13. The van der Waals surface area contributed by atoms with Gasteiger partial charge < -0.3 is 0 Å². The van der Waals surface area contributed by atoms with Crippen LogP contribution in [0.4, 0.5) is 0 Å². The molecule has 2 nitrogen and oxygen atoms in total. The summed E-state index contributed by atoms with van der Waals surface area (Å²) in [5, 5.41) is 0. The first-order chi connectivity index (χ1) is 6.70. The number of carbonyl (C=O) groups is 2. The molecule has 0 spiro atoms. The molecule has 0 bridgehead atoms. The molecule has 1 aliphatic carbocycles. The summed E-state index contributed by atoms with van der Waals surface area (Å²) >= 11 is 0. The Hall–Kier alpha value is -1.44. The van der Waals surface area contributed by atoms with Gasteiger partial charge in [0.15, 0.2) is 0 Å². The zero-order valence-electron chi connectivity index (χ0n) is 8.12. The molecule has 0 heterocycles. The highest BCUT2D eigenvalue weighted by molar-refractivity contribution is 6.07. The van der Waals surface area contributed by atoms with E-state index in [0.29, 0.717) is 6.42 Å². The van der Waals surface area contributed by atoms with Gasteiger partial charge in [0.05, 0.1) is 0 Å². The summed E-state index contributed by atoms with van der Waals surface area (Å²) in [7, 11) is 0. The van der Waals surface area contributed by atoms with Crippen molar-refractivity contribution in [2.45, 2.75) is 25.7 Å². The molecule has 1 atom stereocenters. The summed E-state index contributed by atoms with van der Waals surface area (Å²) in [5.74, 6) is -0.474. The number of aryl methyl sites for hydroxylation is 1. The van der Waals surface area contributed by atoms with E-state index in [1.165, 1.54) is 6.92 Å². The van der Waals surface area contributed by atoms with Crippen molar-refractivity contribution in [1.29, 1.82) is 0 Å². The fourth-order valence-electron chi connectivity index (χ4n) is 2.06. The summed E-state index contributed by atoms with van der Waals surface area (Å²) in [4.78, 5) is 22.9. The average molecular weight is 188 g/mol. The van der Waals surface area contributed by atoms with Crippen LogP contribution in [0.15, 0.2) is 24.3 Å². The van der Waals surface area contributed by atoms with Gasteiger partial charge in [-0.2, -0.15) is 0 Å². The molecule has 0 aliphatic heterocycles. The molecule has 2 rings (SSSR count). The van der Waals surface area contributed by atoms with Gasteiger partial charge in [-0.1, -0.05) is 24.3 Å². The molecule has 0 radical (unpaired) electrons. The summed E-state index contributed by atoms with van der Waals surface area (Å²) in [6.07, 6.45) is 1.28. The molecule has 1 aliphatic rings. The Bertz CT molecular complexity index is 393. The third-order valence-corrected chi connectivity index (χ3v) is 2.74. The van der Waals surface area contributed by atoms with Crippen molar-refractivity contribution < 1.29 is 9.59 Å². The van der Waals surface area contributed by atoms with E-state index in [0.717, 1.165) is 17.5 Å². The minimum absolute atomic E-state index is 0.0397. The van der Waals surface area contributed by atoms with Crippen LogP contribution >= 0.6 is 0 Å². The lowest BCUT2D eigenvalue weighted by atomic mass is 9.80. The van der Waals surface area contributed by atoms with Crippen molar-refractivity contribution >= 4 is 11.6 Å². The van der Waals surface area contributed by atoms with Gasteiger partial charge in [-0.3, -0.25) is 9.59 Å². The lowest BCUT2D eigenvalue weighted by Crippen LogP contribution is -2.25. The van der Waals surface area contributed by atoms with Crippen LogP contribution in [0.5, 0.6) is 0 Å². The number of Topliss-reactive ketones (excluding diaryl/α,β-unsaturated/α-hetero) is 2. The molecule has 0 saturated carbocycles. The quantitative estimate of drug-likeness (QED) is 0.630. The Kier molecular flexibility index (Phi) is 2.20. The molecule has 14 heavy (non-hydrogen) atoms. The highest BCUT2D eigenvalue weighted by Gasteiger charge is 2.30. The van der Waals surface area contributed by atoms with Crippen LogP contribution in [-0.4, -0.2) is 11.6 Å². The van der Waals surface area contributed by atoms with Crippen molar-refractivity contribution in [3.05, 3.63) is 35.4 Å². The first-order valence-electron chi connectivity index (χ1n) is 4.81. The molecule has 0 N–H and O–H groups in total. The summed E-state index contributed by atoms with van der Waals surface area (Å²) < 4.78 is 0. The summed E-state index contributed by atoms with van der Waals surface area (Å²) in [6, 6.07) is 7.72. The number of carbonyl (C=O) groups excluding carboxylic acids is 2. The Balaban J connectivity index is 2.51. The molecular weight excluding hydrogens is 176 g/mol. The van der Waals surface area contributed by atoms with E-state index in [1.54, 1.807) is 0 Å². The van der Waals surface area contributed by atoms with Crippen LogP contribution in [0, 0.1) is 0 Å². The second kappa shape index (κ2) is 3.37. The van der Waals surface area contributed by atoms with E-state index in [9.17, 15) is 9.59 Å². The first-order valence-corrected chi connectivity index (χ1v) is 4.81. The molecule has 0 amide bonds. The highest BCUT2D eigenvalue weighted by atomic mass is 16.1. The van der Waals surface area contributed by atoms with Crippen molar-refractivity contribution in [2.24, 2.45) is 0 Å². The summed E-state index contributed by atoms with van der Waals surface area (Å²) in [6.45, 7) is 1.49. The zero-order chi connectivity index (χ0) is 10.1. The monoisotopic (exact) mass is 188 g/mol. The lowest BCUT2D eigenvalue weighted by molar-refractivity contribution is -0.128. The number of rotatable bonds is 1. The van der Waals surface area contributed by atoms with E-state index >= 15 is 0 Å². The van der Waals surface area contributed by atoms with Gasteiger partial charge in [0, 0.05) is 6.42 Å². The Morgan fingerprint density at radius 3 is 2.71 bits per heavy atom. The molecule has 1 unspecified atom stereocenters. The summed E-state index contributed by atoms with van der Waals surface area (Å²) in [5.41, 5.74) is 2.06. The van der Waals surface area contributed by atoms with Gasteiger partial charge in [-0.05, 0) is 24.5 Å². The maximum Gasteiger partial charge on any atom is 0.148 e. The number of benzene rings is 1. The predicted molar refractivity (Wildman–Crippen MR) is 53.2 cm³/mol. The van der Waals surface area contributed by atoms with E-state index in [4.69, 9.17) is 0 Å². The second-order valence-electron chi connectivity index (χ2n) is 3.71. The number of fused-ring (bicyclic) bond motifs is 1. The molecule has 0 fully saturated rings. The maximum absolute atomic E-state index is 11.6. The fraction of sp³-hybridized carbons (Fsp3) is 0.333. The number of hydrogen-bond acceptors (Lipinski definition) is 2. The van der Waals surface area contributed by atoms with Gasteiger partial charge in [-0.25, -0.2) is 0 Å². The number of ketones is 2. The van der Waals surface area contributed by atoms with Crippen LogP contribution in [0.2, 0.25) is 0 Å². The van der Waals surface area contributed by atoms with Crippen molar-refractivity contribution in [2.75, 3.05) is 0 Å². The smallest absolute Gasteiger partial charge is 0.148 e. The second-order valence-corrected chi connectivity index (χ2v) is 3.71. The minimum atomic E-state index is -0.500. The SMILES string of the molecule is CC(=O)C1C(=O)CCc2ccccc21. The third-order valence-electron chi connectivity index (χ3n) is 2.74. The third kappa shape index (κ3) is 1.37. The Morgan fingerprint density at radius 1 is 1.29 bits per heavy atom. The van der Waals surface area contributed by atoms with E-state index in [1.807, 2.05) is 24.3 Å². The van der Waals surface area contributed by atoms with Crippen LogP contribution < -0.4 is 0 Å². The van der Waals surface area contributed by atoms with Gasteiger partial charge in [0.1, 0.15) is 17.5 Å². The Morgan fingerprint density at radius 2 is 2.00 bits per heavy atom. The average Bonchev–Trinajstić information content (AvgIpc) is 2.17. The molecule has 0 saturated heterocycles. The molecule has 2 heteroatoms. The van der Waals surface area contributed by atoms with E-state index < -0.39 is 5.92 Å². The minimum Gasteiger partial charge on any atom is -0.299 e. The Labute approximate surface area is 82.9 Å². The van der Waals surface area contributed by atoms with E-state index in [2.05, 4.69) is 0 Å². The topological polar surface area (TPSA) is 34.1 Å². The zero-order valence-corrected chi connectivity index (χ0v) is 8.12. The van der Waals surface area contributed by atoms with Crippen LogP contribution in [-0.2, 0) is 16.0 Å². The predicted octanol–water partition coefficient (Wildman–Crippen LogP) is 1.87. The normalized spacial score (nSPS) is 20.4. The highest BCUT2D eigenvalue weighted by Crippen LogP contribution is 2.29. The van der Waals surface area contributed by atoms with Gasteiger partial charge in [0.25, 0.3) is 0 Å². The standard InChI is InChI=1S/C12H12O2/c1-8(13)12-10-5-3-2-4-9(10)6-7-11(12)14/h2-5,12H,6-7H2,1H3. The van der Waals surface area contributed by atoms with Crippen molar-refractivity contribution in [3.63, 3.8) is 0 Å². The van der Waals surface area contributed by atoms with Gasteiger partial charge in [-0.15, -0.1) is 0 Å². The van der Waals surface area contributed by atoms with Gasteiger partial charge in [0.2, 0.25) is 0 Å². The molecule has 1 aromatic carbocycles. The van der Waals surface area contributed by atoms with Crippen LogP contribution in [0.3, 0.4) is 0 Å². The van der Waals surface area contributed by atoms with E-state index in [-0.39, 0.29) is 11.6 Å².